The van der Waals surface area contributed by atoms with Crippen LogP contribution in [0.2, 0.25) is 0 Å². The standard InChI is InChI=1S/C5H5N2/c6-5-7-3-1-2-4-7/h1-4,6H. The van der Waals surface area contributed by atoms with Gasteiger partial charge in [0, 0.05) is 12.4 Å². The van der Waals surface area contributed by atoms with Gasteiger partial charge in [-0.1, -0.05) is 0 Å². The Hall–Kier alpha value is -1.05. The lowest BCUT2D eigenvalue weighted by Crippen LogP contribution is -1.84. The predicted octanol–water partition coefficient (Wildman–Crippen LogP) is 0.820. The Balaban J connectivity index is 2.96. The zero-order chi connectivity index (χ0) is 5.11. The van der Waals surface area contributed by atoms with Gasteiger partial charge in [-0.05, 0) is 12.1 Å². The number of hydrogen-bond donors (Lipinski definition) is 1. The van der Waals surface area contributed by atoms with Gasteiger partial charge in [0.15, 0.2) is 6.34 Å². The number of nitrogens with one attached hydrogen (secondary N) is 1. The van der Waals surface area contributed by atoms with Crippen molar-refractivity contribution in [2.45, 2.75) is 0 Å². The van der Waals surface area contributed by atoms with Crippen LogP contribution in [0.5, 0.6) is 0 Å². The largest absolute Gasteiger partial charge is 0.306 e. The van der Waals surface area contributed by atoms with Crippen molar-refractivity contribution in [3.63, 3.8) is 0 Å². The van der Waals surface area contributed by atoms with Crippen LogP contribution in [-0.4, -0.2) is 10.9 Å². The lowest BCUT2D eigenvalue weighted by Gasteiger charge is -1.79. The van der Waals surface area contributed by atoms with Crippen LogP contribution in [-0.2, 0) is 0 Å². The Morgan fingerprint density at radius 1 is 1.29 bits per heavy atom. The maximum Gasteiger partial charge on any atom is 0.172 e. The van der Waals surface area contributed by atoms with Crippen LogP contribution in [0.4, 0.5) is 0 Å². The zero-order valence-corrected chi connectivity index (χ0v) is 3.76. The van der Waals surface area contributed by atoms with E-state index in [1.165, 1.54) is 0 Å². The summed E-state index contributed by atoms with van der Waals surface area (Å²) < 4.78 is 1.54. The molecule has 0 unspecified atom stereocenters. The van der Waals surface area contributed by atoms with E-state index >= 15 is 0 Å². The molecule has 2 nitrogen and oxygen atoms in total. The SMILES string of the molecule is N=[C]n1cccc1. The third-order valence-electron chi connectivity index (χ3n) is 0.734. The lowest BCUT2D eigenvalue weighted by atomic mass is 10.7. The molecular formula is C5H5N2. The van der Waals surface area contributed by atoms with E-state index in [0.717, 1.165) is 0 Å². The summed E-state index contributed by atoms with van der Waals surface area (Å²) in [5.41, 5.74) is 0. The van der Waals surface area contributed by atoms with Crippen LogP contribution < -0.4 is 0 Å². The van der Waals surface area contributed by atoms with Crippen molar-refractivity contribution in [1.29, 1.82) is 5.41 Å². The third-order valence-corrected chi connectivity index (χ3v) is 0.734. The highest BCUT2D eigenvalue weighted by atomic mass is 14.9. The summed E-state index contributed by atoms with van der Waals surface area (Å²) in [6, 6.07) is 3.70. The molecule has 35 valence electrons. The fourth-order valence-electron chi connectivity index (χ4n) is 0.409. The Morgan fingerprint density at radius 3 is 2.14 bits per heavy atom. The molecule has 0 aliphatic heterocycles. The van der Waals surface area contributed by atoms with Crippen LogP contribution in [0.15, 0.2) is 24.5 Å². The van der Waals surface area contributed by atoms with E-state index in [9.17, 15) is 0 Å². The average molecular weight is 93.1 g/mol. The maximum atomic E-state index is 6.57. The van der Waals surface area contributed by atoms with E-state index in [4.69, 9.17) is 5.41 Å². The van der Waals surface area contributed by atoms with Crippen molar-refractivity contribution in [3.05, 3.63) is 24.5 Å². The van der Waals surface area contributed by atoms with Crippen molar-refractivity contribution in [2.75, 3.05) is 0 Å². The molecule has 0 fully saturated rings. The summed E-state index contributed by atoms with van der Waals surface area (Å²) in [4.78, 5) is 0. The first-order chi connectivity index (χ1) is 3.43. The molecule has 0 aliphatic carbocycles. The molecule has 1 aromatic rings. The van der Waals surface area contributed by atoms with Crippen molar-refractivity contribution in [1.82, 2.24) is 4.57 Å². The van der Waals surface area contributed by atoms with E-state index in [1.54, 1.807) is 17.0 Å². The second-order valence-electron chi connectivity index (χ2n) is 1.20. The molecule has 1 heterocycles. The molecule has 0 bridgehead atoms. The van der Waals surface area contributed by atoms with Gasteiger partial charge in [-0.15, -0.1) is 0 Å². The Labute approximate surface area is 41.9 Å². The Kier molecular flexibility index (Phi) is 0.941. The first-order valence-electron chi connectivity index (χ1n) is 1.99. The van der Waals surface area contributed by atoms with Crippen LogP contribution in [0.25, 0.3) is 0 Å². The monoisotopic (exact) mass is 93.0 g/mol. The quantitative estimate of drug-likeness (QED) is 0.393. The van der Waals surface area contributed by atoms with Crippen molar-refractivity contribution >= 4 is 6.34 Å². The van der Waals surface area contributed by atoms with Gasteiger partial charge in [0.25, 0.3) is 0 Å². The first kappa shape index (κ1) is 4.12. The predicted molar refractivity (Wildman–Crippen MR) is 27.6 cm³/mol. The third kappa shape index (κ3) is 0.682. The highest BCUT2D eigenvalue weighted by Gasteiger charge is 1.74. The molecular weight excluding hydrogens is 88.1 g/mol. The maximum absolute atomic E-state index is 6.57. The van der Waals surface area contributed by atoms with Crippen LogP contribution in [0, 0.1) is 5.41 Å². The second kappa shape index (κ2) is 1.60. The fourth-order valence-corrected chi connectivity index (χ4v) is 0.409. The Bertz CT molecular complexity index is 141. The van der Waals surface area contributed by atoms with Crippen molar-refractivity contribution in [2.24, 2.45) is 0 Å². The molecule has 0 aliphatic rings. The molecule has 0 amide bonds. The smallest absolute Gasteiger partial charge is 0.172 e. The molecule has 0 saturated carbocycles. The van der Waals surface area contributed by atoms with Gasteiger partial charge in [-0.25, -0.2) is 0 Å². The van der Waals surface area contributed by atoms with Gasteiger partial charge in [-0.2, -0.15) is 0 Å². The minimum atomic E-state index is 1.54. The molecule has 2 heteroatoms. The molecule has 1 aromatic heterocycles. The van der Waals surface area contributed by atoms with E-state index in [0.29, 0.717) is 0 Å². The molecule has 7 heavy (non-hydrogen) atoms. The molecule has 1 rings (SSSR count). The first-order valence-corrected chi connectivity index (χ1v) is 1.99. The van der Waals surface area contributed by atoms with Gasteiger partial charge in [-0.3, -0.25) is 5.41 Å². The molecule has 0 saturated heterocycles. The number of rotatable bonds is 1. The van der Waals surface area contributed by atoms with Crippen LogP contribution >= 0.6 is 0 Å². The van der Waals surface area contributed by atoms with Gasteiger partial charge < -0.3 is 4.57 Å². The number of hydrogen-bond acceptors (Lipinski definition) is 1. The summed E-state index contributed by atoms with van der Waals surface area (Å²) in [5, 5.41) is 6.57. The average Bonchev–Trinajstić information content (AvgIpc) is 2.14. The molecule has 1 radical (unpaired) electrons. The molecule has 0 spiro atoms. The minimum Gasteiger partial charge on any atom is -0.306 e. The van der Waals surface area contributed by atoms with E-state index in [2.05, 4.69) is 6.34 Å². The van der Waals surface area contributed by atoms with E-state index in [1.807, 2.05) is 12.1 Å². The zero-order valence-electron chi connectivity index (χ0n) is 3.76. The van der Waals surface area contributed by atoms with Crippen LogP contribution in [0.3, 0.4) is 0 Å². The van der Waals surface area contributed by atoms with Gasteiger partial charge >= 0.3 is 0 Å². The van der Waals surface area contributed by atoms with E-state index in [-0.39, 0.29) is 0 Å². The van der Waals surface area contributed by atoms with Crippen molar-refractivity contribution in [3.8, 4) is 0 Å². The number of aromatic nitrogens is 1. The summed E-state index contributed by atoms with van der Waals surface area (Å²) in [6.07, 6.45) is 5.69. The Morgan fingerprint density at radius 2 is 1.86 bits per heavy atom. The van der Waals surface area contributed by atoms with Gasteiger partial charge in [0.05, 0.1) is 0 Å². The normalized spacial score (nSPS) is 8.57. The van der Waals surface area contributed by atoms with Crippen LogP contribution in [0.1, 0.15) is 0 Å². The fraction of sp³-hybridized carbons (Fsp3) is 0. The molecule has 0 atom stereocenters. The highest BCUT2D eigenvalue weighted by molar-refractivity contribution is 5.53. The molecule has 0 aromatic carbocycles. The summed E-state index contributed by atoms with van der Waals surface area (Å²) >= 11 is 0. The second-order valence-corrected chi connectivity index (χ2v) is 1.20. The summed E-state index contributed by atoms with van der Waals surface area (Å²) in [7, 11) is 0. The van der Waals surface area contributed by atoms with Crippen molar-refractivity contribution < 1.29 is 0 Å². The molecule has 1 N–H and O–H groups in total. The van der Waals surface area contributed by atoms with Gasteiger partial charge in [0.1, 0.15) is 0 Å². The van der Waals surface area contributed by atoms with Gasteiger partial charge in [0.2, 0.25) is 0 Å². The van der Waals surface area contributed by atoms with E-state index < -0.39 is 0 Å². The topological polar surface area (TPSA) is 28.8 Å². The highest BCUT2D eigenvalue weighted by Crippen LogP contribution is 1.81. The minimum absolute atomic E-state index is 1.54. The number of nitrogens with zero attached hydrogens (tertiary/aromatic N) is 1. The summed E-state index contributed by atoms with van der Waals surface area (Å²) in [6.45, 7) is 0. The lowest BCUT2D eigenvalue weighted by molar-refractivity contribution is 1.18. The summed E-state index contributed by atoms with van der Waals surface area (Å²) in [5.74, 6) is 0.